The number of amides is 1. The molecule has 182 valence electrons. The van der Waals surface area contributed by atoms with Gasteiger partial charge in [0.15, 0.2) is 0 Å². The first-order valence-electron chi connectivity index (χ1n) is 11.4. The molecule has 10 heteroatoms. The molecule has 0 aromatic heterocycles. The van der Waals surface area contributed by atoms with Gasteiger partial charge in [-0.1, -0.05) is 18.6 Å². The van der Waals surface area contributed by atoms with Gasteiger partial charge in [0.25, 0.3) is 10.0 Å². The number of ether oxygens (including phenoxy) is 2. The lowest BCUT2D eigenvalue weighted by Gasteiger charge is -2.37. The molecule has 2 N–H and O–H groups in total. The standard InChI is InChI=1S/C24H28BrN3O5S/c1-28-12-8-15(9-13-28)33-18-14-16(27-34(30,31)19-7-4-3-6-17(19)32-2)21(25)20-22(18)26-23(29)24(20)10-5-11-24/h3-4,6-7,14-15,27H,5,8-13H2,1-2H3,(H,26,29). The minimum Gasteiger partial charge on any atom is -0.495 e. The average Bonchev–Trinajstić information content (AvgIpc) is 3.12. The van der Waals surface area contributed by atoms with E-state index in [-0.39, 0.29) is 22.7 Å². The van der Waals surface area contributed by atoms with Crippen LogP contribution in [0.5, 0.6) is 11.5 Å². The zero-order chi connectivity index (χ0) is 24.1. The van der Waals surface area contributed by atoms with Crippen LogP contribution in [-0.2, 0) is 20.2 Å². The molecule has 34 heavy (non-hydrogen) atoms. The predicted molar refractivity (Wildman–Crippen MR) is 133 cm³/mol. The quantitative estimate of drug-likeness (QED) is 0.562. The Morgan fingerprint density at radius 1 is 1.18 bits per heavy atom. The van der Waals surface area contributed by atoms with Gasteiger partial charge in [-0.15, -0.1) is 0 Å². The molecule has 0 radical (unpaired) electrons. The SMILES string of the molecule is COc1ccccc1S(=O)(=O)Nc1cc(OC2CCN(C)CC2)c2c(c1Br)C1(CCC1)C(=O)N2. The number of methoxy groups -OCH3 is 1. The van der Waals surface area contributed by atoms with Gasteiger partial charge in [-0.2, -0.15) is 0 Å². The van der Waals surface area contributed by atoms with Gasteiger partial charge in [-0.05, 0) is 60.8 Å². The number of carbonyl (C=O) groups is 1. The van der Waals surface area contributed by atoms with Crippen LogP contribution in [0.3, 0.4) is 0 Å². The summed E-state index contributed by atoms with van der Waals surface area (Å²) in [7, 11) is -0.448. The van der Waals surface area contributed by atoms with Crippen molar-refractivity contribution < 1.29 is 22.7 Å². The fourth-order valence-corrected chi connectivity index (χ4v) is 7.21. The lowest BCUT2D eigenvalue weighted by Crippen LogP contribution is -2.41. The van der Waals surface area contributed by atoms with Crippen molar-refractivity contribution in [2.24, 2.45) is 0 Å². The van der Waals surface area contributed by atoms with Crippen LogP contribution < -0.4 is 19.5 Å². The summed E-state index contributed by atoms with van der Waals surface area (Å²) in [6.45, 7) is 1.85. The maximum absolute atomic E-state index is 13.3. The number of fused-ring (bicyclic) bond motifs is 2. The monoisotopic (exact) mass is 549 g/mol. The molecule has 2 aromatic rings. The molecular weight excluding hydrogens is 522 g/mol. The number of carbonyl (C=O) groups excluding carboxylic acids is 1. The number of nitrogens with zero attached hydrogens (tertiary/aromatic N) is 1. The summed E-state index contributed by atoms with van der Waals surface area (Å²) in [4.78, 5) is 15.3. The average molecular weight is 550 g/mol. The number of nitrogens with one attached hydrogen (secondary N) is 2. The summed E-state index contributed by atoms with van der Waals surface area (Å²) in [5.74, 6) is 0.706. The second-order valence-electron chi connectivity index (χ2n) is 9.25. The van der Waals surface area contributed by atoms with Crippen LogP contribution in [0.15, 0.2) is 39.7 Å². The summed E-state index contributed by atoms with van der Waals surface area (Å²) < 4.78 is 41.6. The molecule has 2 aliphatic heterocycles. The highest BCUT2D eigenvalue weighted by Crippen LogP contribution is 2.58. The Morgan fingerprint density at radius 2 is 1.88 bits per heavy atom. The number of likely N-dealkylation sites (tertiary alicyclic amines) is 1. The first-order valence-corrected chi connectivity index (χ1v) is 13.7. The third-order valence-electron chi connectivity index (χ3n) is 7.15. The molecular formula is C24H28BrN3O5S. The lowest BCUT2D eigenvalue weighted by atomic mass is 9.65. The highest BCUT2D eigenvalue weighted by atomic mass is 79.9. The number of halogens is 1. The van der Waals surface area contributed by atoms with E-state index < -0.39 is 15.4 Å². The zero-order valence-electron chi connectivity index (χ0n) is 19.2. The number of anilines is 2. The van der Waals surface area contributed by atoms with Gasteiger partial charge in [-0.3, -0.25) is 9.52 Å². The van der Waals surface area contributed by atoms with Gasteiger partial charge < -0.3 is 19.7 Å². The number of hydrogen-bond acceptors (Lipinski definition) is 6. The first-order chi connectivity index (χ1) is 16.2. The molecule has 2 aromatic carbocycles. The summed E-state index contributed by atoms with van der Waals surface area (Å²) in [6, 6.07) is 8.14. The Kier molecular flexibility index (Phi) is 6.02. The second-order valence-corrected chi connectivity index (χ2v) is 11.7. The summed E-state index contributed by atoms with van der Waals surface area (Å²) in [5.41, 5.74) is 1.13. The molecule has 0 bridgehead atoms. The molecule has 3 aliphatic rings. The number of sulfonamides is 1. The van der Waals surface area contributed by atoms with E-state index in [1.807, 2.05) is 0 Å². The smallest absolute Gasteiger partial charge is 0.265 e. The van der Waals surface area contributed by atoms with Crippen LogP contribution in [0.2, 0.25) is 0 Å². The minimum atomic E-state index is -3.97. The number of piperidine rings is 1. The largest absolute Gasteiger partial charge is 0.495 e. The van der Waals surface area contributed by atoms with Gasteiger partial charge in [0.05, 0.1) is 23.9 Å². The van der Waals surface area contributed by atoms with Crippen molar-refractivity contribution in [3.8, 4) is 11.5 Å². The lowest BCUT2D eigenvalue weighted by molar-refractivity contribution is -0.123. The molecule has 0 unspecified atom stereocenters. The minimum absolute atomic E-state index is 0.00464. The summed E-state index contributed by atoms with van der Waals surface area (Å²) in [6.07, 6.45) is 4.12. The Balaban J connectivity index is 1.57. The third kappa shape index (κ3) is 3.85. The molecule has 2 fully saturated rings. The fourth-order valence-electron chi connectivity index (χ4n) is 5.05. The maximum atomic E-state index is 13.3. The molecule has 1 saturated carbocycles. The number of rotatable bonds is 6. The van der Waals surface area contributed by atoms with Crippen molar-refractivity contribution in [2.45, 2.75) is 48.5 Å². The van der Waals surface area contributed by atoms with Crippen molar-refractivity contribution in [1.82, 2.24) is 4.90 Å². The molecule has 1 aliphatic carbocycles. The van der Waals surface area contributed by atoms with Crippen molar-refractivity contribution >= 4 is 43.2 Å². The van der Waals surface area contributed by atoms with Crippen LogP contribution in [0.25, 0.3) is 0 Å². The van der Waals surface area contributed by atoms with Crippen LogP contribution >= 0.6 is 15.9 Å². The zero-order valence-corrected chi connectivity index (χ0v) is 21.6. The van der Waals surface area contributed by atoms with E-state index in [9.17, 15) is 13.2 Å². The number of benzene rings is 2. The highest BCUT2D eigenvalue weighted by Gasteiger charge is 2.53. The third-order valence-corrected chi connectivity index (χ3v) is 9.38. The van der Waals surface area contributed by atoms with Gasteiger partial charge in [-0.25, -0.2) is 8.42 Å². The molecule has 1 spiro atoms. The molecule has 8 nitrogen and oxygen atoms in total. The van der Waals surface area contributed by atoms with E-state index in [4.69, 9.17) is 9.47 Å². The number of hydrogen-bond donors (Lipinski definition) is 2. The Bertz CT molecular complexity index is 1240. The molecule has 1 amide bonds. The van der Waals surface area contributed by atoms with E-state index in [1.54, 1.807) is 24.3 Å². The Labute approximate surface area is 208 Å². The molecule has 2 heterocycles. The Hall–Kier alpha value is -2.30. The van der Waals surface area contributed by atoms with Crippen LogP contribution in [-0.4, -0.2) is 52.6 Å². The van der Waals surface area contributed by atoms with Gasteiger partial charge in [0, 0.05) is 29.2 Å². The van der Waals surface area contributed by atoms with Gasteiger partial charge in [0.2, 0.25) is 5.91 Å². The van der Waals surface area contributed by atoms with Crippen molar-refractivity contribution in [1.29, 1.82) is 0 Å². The van der Waals surface area contributed by atoms with Crippen LogP contribution in [0.4, 0.5) is 11.4 Å². The van der Waals surface area contributed by atoms with E-state index >= 15 is 0 Å². The predicted octanol–water partition coefficient (Wildman–Crippen LogP) is 4.11. The first kappa shape index (κ1) is 23.4. The van der Waals surface area contributed by atoms with Gasteiger partial charge in [0.1, 0.15) is 22.5 Å². The fraction of sp³-hybridized carbons (Fsp3) is 0.458. The van der Waals surface area contributed by atoms with Crippen molar-refractivity contribution in [2.75, 3.05) is 37.3 Å². The van der Waals surface area contributed by atoms with Crippen LogP contribution in [0, 0.1) is 0 Å². The Morgan fingerprint density at radius 3 is 2.53 bits per heavy atom. The normalized spacial score (nSPS) is 19.9. The van der Waals surface area contributed by atoms with E-state index in [1.165, 1.54) is 13.2 Å². The van der Waals surface area contributed by atoms with Crippen molar-refractivity contribution in [3.63, 3.8) is 0 Å². The van der Waals surface area contributed by atoms with Crippen LogP contribution in [0.1, 0.15) is 37.7 Å². The van der Waals surface area contributed by atoms with E-state index in [2.05, 4.69) is 37.9 Å². The number of para-hydroxylation sites is 1. The molecule has 1 saturated heterocycles. The molecule has 5 rings (SSSR count). The van der Waals surface area contributed by atoms with E-state index in [0.717, 1.165) is 50.8 Å². The summed E-state index contributed by atoms with van der Waals surface area (Å²) in [5, 5.41) is 3.04. The second kappa shape index (κ2) is 8.73. The van der Waals surface area contributed by atoms with Gasteiger partial charge >= 0.3 is 0 Å². The van der Waals surface area contributed by atoms with Crippen molar-refractivity contribution in [3.05, 3.63) is 40.4 Å². The maximum Gasteiger partial charge on any atom is 0.265 e. The van der Waals surface area contributed by atoms with E-state index in [0.29, 0.717) is 21.6 Å². The highest BCUT2D eigenvalue weighted by molar-refractivity contribution is 9.10. The summed E-state index contributed by atoms with van der Waals surface area (Å²) >= 11 is 3.63. The molecule has 0 atom stereocenters. The topological polar surface area (TPSA) is 97.0 Å².